The Kier molecular flexibility index (Phi) is 2.85. The SMILES string of the molecule is Cc1cccc(C(O)C2CCOC2)c1. The van der Waals surface area contributed by atoms with E-state index in [-0.39, 0.29) is 12.0 Å². The van der Waals surface area contributed by atoms with Crippen LogP contribution in [0.3, 0.4) is 0 Å². The molecule has 14 heavy (non-hydrogen) atoms. The third kappa shape index (κ3) is 1.97. The molecule has 1 aliphatic rings. The summed E-state index contributed by atoms with van der Waals surface area (Å²) in [6.45, 7) is 3.52. The summed E-state index contributed by atoms with van der Waals surface area (Å²) in [7, 11) is 0. The van der Waals surface area contributed by atoms with Gasteiger partial charge in [-0.15, -0.1) is 0 Å². The lowest BCUT2D eigenvalue weighted by Gasteiger charge is -2.16. The van der Waals surface area contributed by atoms with Crippen LogP contribution in [0, 0.1) is 12.8 Å². The second-order valence-corrected chi connectivity index (χ2v) is 3.98. The van der Waals surface area contributed by atoms with E-state index in [1.807, 2.05) is 31.2 Å². The molecule has 76 valence electrons. The molecule has 2 atom stereocenters. The number of aliphatic hydroxyl groups excluding tert-OH is 1. The Morgan fingerprint density at radius 2 is 2.36 bits per heavy atom. The molecule has 1 fully saturated rings. The first kappa shape index (κ1) is 9.69. The standard InChI is InChI=1S/C12H16O2/c1-9-3-2-4-10(7-9)12(13)11-5-6-14-8-11/h2-4,7,11-13H,5-6,8H2,1H3. The summed E-state index contributed by atoms with van der Waals surface area (Å²) in [5.41, 5.74) is 2.21. The number of rotatable bonds is 2. The van der Waals surface area contributed by atoms with Crippen LogP contribution in [-0.2, 0) is 4.74 Å². The molecule has 1 aromatic rings. The number of aliphatic hydroxyl groups is 1. The number of aryl methyl sites for hydroxylation is 1. The van der Waals surface area contributed by atoms with E-state index in [4.69, 9.17) is 4.74 Å². The molecule has 0 aliphatic carbocycles. The lowest BCUT2D eigenvalue weighted by Crippen LogP contribution is -2.12. The fraction of sp³-hybridized carbons (Fsp3) is 0.500. The van der Waals surface area contributed by atoms with Gasteiger partial charge in [-0.1, -0.05) is 29.8 Å². The van der Waals surface area contributed by atoms with Crippen LogP contribution in [0.25, 0.3) is 0 Å². The summed E-state index contributed by atoms with van der Waals surface area (Å²) in [5, 5.41) is 10.1. The van der Waals surface area contributed by atoms with Crippen LogP contribution >= 0.6 is 0 Å². The normalized spacial score (nSPS) is 23.7. The number of benzene rings is 1. The molecular formula is C12H16O2. The van der Waals surface area contributed by atoms with E-state index in [1.165, 1.54) is 5.56 Å². The number of hydrogen-bond donors (Lipinski definition) is 1. The Balaban J connectivity index is 2.13. The molecule has 0 bridgehead atoms. The number of hydrogen-bond acceptors (Lipinski definition) is 2. The molecule has 2 heteroatoms. The Morgan fingerprint density at radius 1 is 1.50 bits per heavy atom. The molecule has 1 heterocycles. The maximum Gasteiger partial charge on any atom is 0.0841 e. The highest BCUT2D eigenvalue weighted by atomic mass is 16.5. The van der Waals surface area contributed by atoms with Crippen LogP contribution in [0.15, 0.2) is 24.3 Å². The zero-order valence-electron chi connectivity index (χ0n) is 8.44. The summed E-state index contributed by atoms with van der Waals surface area (Å²) in [6, 6.07) is 8.06. The Hall–Kier alpha value is -0.860. The van der Waals surface area contributed by atoms with Gasteiger partial charge in [0.25, 0.3) is 0 Å². The third-order valence-corrected chi connectivity index (χ3v) is 2.80. The van der Waals surface area contributed by atoms with Gasteiger partial charge in [0, 0.05) is 12.5 Å². The van der Waals surface area contributed by atoms with Crippen LogP contribution in [0.2, 0.25) is 0 Å². The predicted octanol–water partition coefficient (Wildman–Crippen LogP) is 2.06. The van der Waals surface area contributed by atoms with Gasteiger partial charge >= 0.3 is 0 Å². The van der Waals surface area contributed by atoms with Gasteiger partial charge in [-0.3, -0.25) is 0 Å². The van der Waals surface area contributed by atoms with E-state index >= 15 is 0 Å². The largest absolute Gasteiger partial charge is 0.388 e. The van der Waals surface area contributed by atoms with E-state index < -0.39 is 0 Å². The molecule has 1 aromatic carbocycles. The maximum absolute atomic E-state index is 10.1. The van der Waals surface area contributed by atoms with E-state index in [0.29, 0.717) is 6.61 Å². The van der Waals surface area contributed by atoms with E-state index in [2.05, 4.69) is 0 Å². The van der Waals surface area contributed by atoms with Crippen LogP contribution in [-0.4, -0.2) is 18.3 Å². The van der Waals surface area contributed by atoms with Crippen LogP contribution in [0.4, 0.5) is 0 Å². The number of ether oxygens (including phenoxy) is 1. The minimum atomic E-state index is -0.364. The molecule has 1 aliphatic heterocycles. The van der Waals surface area contributed by atoms with Gasteiger partial charge in [-0.25, -0.2) is 0 Å². The third-order valence-electron chi connectivity index (χ3n) is 2.80. The van der Waals surface area contributed by atoms with Crippen molar-refractivity contribution in [3.63, 3.8) is 0 Å². The van der Waals surface area contributed by atoms with Crippen molar-refractivity contribution in [1.82, 2.24) is 0 Å². The van der Waals surface area contributed by atoms with Gasteiger partial charge in [-0.2, -0.15) is 0 Å². The van der Waals surface area contributed by atoms with Crippen LogP contribution < -0.4 is 0 Å². The van der Waals surface area contributed by atoms with E-state index in [0.717, 1.165) is 18.6 Å². The quantitative estimate of drug-likeness (QED) is 0.777. The molecular weight excluding hydrogens is 176 g/mol. The van der Waals surface area contributed by atoms with Gasteiger partial charge in [0.05, 0.1) is 12.7 Å². The molecule has 1 N–H and O–H groups in total. The second-order valence-electron chi connectivity index (χ2n) is 3.98. The molecule has 0 spiro atoms. The first-order valence-electron chi connectivity index (χ1n) is 5.10. The molecule has 0 amide bonds. The molecule has 2 unspecified atom stereocenters. The van der Waals surface area contributed by atoms with Gasteiger partial charge in [0.15, 0.2) is 0 Å². The minimum absolute atomic E-state index is 0.275. The second kappa shape index (κ2) is 4.11. The van der Waals surface area contributed by atoms with Gasteiger partial charge < -0.3 is 9.84 Å². The van der Waals surface area contributed by atoms with Crippen molar-refractivity contribution < 1.29 is 9.84 Å². The van der Waals surface area contributed by atoms with Crippen molar-refractivity contribution in [1.29, 1.82) is 0 Å². The van der Waals surface area contributed by atoms with Crippen LogP contribution in [0.1, 0.15) is 23.7 Å². The van der Waals surface area contributed by atoms with E-state index in [1.54, 1.807) is 0 Å². The van der Waals surface area contributed by atoms with Gasteiger partial charge in [-0.05, 0) is 18.9 Å². The fourth-order valence-electron chi connectivity index (χ4n) is 1.93. The van der Waals surface area contributed by atoms with Gasteiger partial charge in [0.2, 0.25) is 0 Å². The fourth-order valence-corrected chi connectivity index (χ4v) is 1.93. The lowest BCUT2D eigenvalue weighted by atomic mass is 9.94. The summed E-state index contributed by atoms with van der Waals surface area (Å²) in [5.74, 6) is 0.275. The molecule has 0 aromatic heterocycles. The summed E-state index contributed by atoms with van der Waals surface area (Å²) in [4.78, 5) is 0. The lowest BCUT2D eigenvalue weighted by molar-refractivity contribution is 0.0918. The molecule has 0 saturated carbocycles. The Labute approximate surface area is 84.5 Å². The average molecular weight is 192 g/mol. The zero-order valence-corrected chi connectivity index (χ0v) is 8.44. The monoisotopic (exact) mass is 192 g/mol. The van der Waals surface area contributed by atoms with Crippen molar-refractivity contribution >= 4 is 0 Å². The first-order chi connectivity index (χ1) is 6.77. The average Bonchev–Trinajstić information content (AvgIpc) is 2.69. The van der Waals surface area contributed by atoms with Crippen LogP contribution in [0.5, 0.6) is 0 Å². The highest BCUT2D eigenvalue weighted by molar-refractivity contribution is 5.24. The van der Waals surface area contributed by atoms with Crippen molar-refractivity contribution in [2.75, 3.05) is 13.2 Å². The molecule has 1 saturated heterocycles. The van der Waals surface area contributed by atoms with E-state index in [9.17, 15) is 5.11 Å². The van der Waals surface area contributed by atoms with Gasteiger partial charge in [0.1, 0.15) is 0 Å². The Bertz CT molecular complexity index is 303. The summed E-state index contributed by atoms with van der Waals surface area (Å²) < 4.78 is 5.27. The Morgan fingerprint density at radius 3 is 3.00 bits per heavy atom. The van der Waals surface area contributed by atoms with Crippen molar-refractivity contribution in [3.05, 3.63) is 35.4 Å². The smallest absolute Gasteiger partial charge is 0.0841 e. The molecule has 2 rings (SSSR count). The predicted molar refractivity (Wildman–Crippen MR) is 55.1 cm³/mol. The van der Waals surface area contributed by atoms with Crippen molar-refractivity contribution in [3.8, 4) is 0 Å². The minimum Gasteiger partial charge on any atom is -0.388 e. The summed E-state index contributed by atoms with van der Waals surface area (Å²) in [6.07, 6.45) is 0.604. The topological polar surface area (TPSA) is 29.5 Å². The zero-order chi connectivity index (χ0) is 9.97. The maximum atomic E-state index is 10.1. The molecule has 0 radical (unpaired) electrons. The van der Waals surface area contributed by atoms with Crippen molar-refractivity contribution in [2.45, 2.75) is 19.4 Å². The summed E-state index contributed by atoms with van der Waals surface area (Å²) >= 11 is 0. The van der Waals surface area contributed by atoms with Crippen molar-refractivity contribution in [2.24, 2.45) is 5.92 Å². The molecule has 2 nitrogen and oxygen atoms in total. The highest BCUT2D eigenvalue weighted by Crippen LogP contribution is 2.28. The first-order valence-corrected chi connectivity index (χ1v) is 5.10. The highest BCUT2D eigenvalue weighted by Gasteiger charge is 2.24.